The number of carbonyl (C=O) groups is 3. The van der Waals surface area contributed by atoms with Crippen LogP contribution in [0.5, 0.6) is 28.7 Å². The maximum atomic E-state index is 12.9. The van der Waals surface area contributed by atoms with E-state index in [0.29, 0.717) is 87.5 Å². The maximum absolute atomic E-state index is 12.9. The summed E-state index contributed by atoms with van der Waals surface area (Å²) in [4.78, 5) is 63.2. The average Bonchev–Trinajstić information content (AvgIpc) is 3.68. The number of rotatable bonds is 27. The highest BCUT2D eigenvalue weighted by molar-refractivity contribution is 7.98. The molecule has 0 bridgehead atoms. The minimum absolute atomic E-state index is 0.0998. The quantitative estimate of drug-likeness (QED) is 0.0323. The van der Waals surface area contributed by atoms with Crippen molar-refractivity contribution in [1.29, 1.82) is 0 Å². The summed E-state index contributed by atoms with van der Waals surface area (Å²) in [5.74, 6) is 4.83. The molecule has 0 aliphatic heterocycles. The molecule has 0 radical (unpaired) electrons. The first-order valence-electron chi connectivity index (χ1n) is 28.6. The molecule has 0 unspecified atom stereocenters. The fourth-order valence-electron chi connectivity index (χ4n) is 8.17. The Bertz CT molecular complexity index is 3600. The summed E-state index contributed by atoms with van der Waals surface area (Å²) in [7, 11) is 4.59. The molecule has 9 rings (SSSR count). The van der Waals surface area contributed by atoms with Crippen LogP contribution in [-0.2, 0) is 17.3 Å². The molecule has 0 spiro atoms. The zero-order valence-electron chi connectivity index (χ0n) is 50.4. The Kier molecular flexibility index (Phi) is 27.4. The Morgan fingerprint density at radius 2 is 0.852 bits per heavy atom. The molecular weight excluding hydrogens is 1170 g/mol. The highest BCUT2D eigenvalue weighted by Gasteiger charge is 2.17. The summed E-state index contributed by atoms with van der Waals surface area (Å²) in [5.41, 5.74) is 8.18. The second-order valence-electron chi connectivity index (χ2n) is 19.7. The van der Waals surface area contributed by atoms with Gasteiger partial charge in [-0.05, 0) is 102 Å². The van der Waals surface area contributed by atoms with Crippen LogP contribution in [0.25, 0.3) is 0 Å². The third-order valence-corrected chi connectivity index (χ3v) is 15.7. The van der Waals surface area contributed by atoms with Crippen molar-refractivity contribution in [2.45, 2.75) is 91.6 Å². The zero-order chi connectivity index (χ0) is 62.3. The summed E-state index contributed by atoms with van der Waals surface area (Å²) in [6, 6.07) is 39.6. The third-order valence-electron chi connectivity index (χ3n) is 12.8. The molecule has 6 aromatic carbocycles. The number of aromatic nitrogens is 6. The van der Waals surface area contributed by atoms with Crippen LogP contribution in [0, 0.1) is 0 Å². The molecule has 88 heavy (non-hydrogen) atoms. The number of nitrogens with one attached hydrogen (secondary N) is 3. The van der Waals surface area contributed by atoms with Gasteiger partial charge in [0.05, 0.1) is 53.1 Å². The van der Waals surface area contributed by atoms with E-state index >= 15 is 0 Å². The number of anilines is 3. The Labute approximate surface area is 528 Å². The van der Waals surface area contributed by atoms with E-state index in [1.807, 2.05) is 103 Å². The number of hydrogen-bond acceptors (Lipinski definition) is 17. The number of thioether (sulfide) groups is 3. The second-order valence-corrected chi connectivity index (χ2v) is 22.7. The maximum Gasteiger partial charge on any atom is 0.255 e. The summed E-state index contributed by atoms with van der Waals surface area (Å²) >= 11 is 4.74. The van der Waals surface area contributed by atoms with Crippen LogP contribution >= 0.6 is 35.3 Å². The van der Waals surface area contributed by atoms with Gasteiger partial charge in [-0.15, -0.1) is 35.3 Å². The number of hydrogen-bond donors (Lipinski definition) is 3. The summed E-state index contributed by atoms with van der Waals surface area (Å²) in [6.07, 6.45) is 19.2. The van der Waals surface area contributed by atoms with Crippen LogP contribution in [0.4, 0.5) is 17.1 Å². The van der Waals surface area contributed by atoms with Crippen molar-refractivity contribution in [3.8, 4) is 28.7 Å². The highest BCUT2D eigenvalue weighted by atomic mass is 32.2. The second kappa shape index (κ2) is 36.2. The van der Waals surface area contributed by atoms with E-state index in [2.05, 4.69) is 79.6 Å². The Morgan fingerprint density at radius 3 is 1.25 bits per heavy atom. The lowest BCUT2D eigenvalue weighted by atomic mass is 10.0. The van der Waals surface area contributed by atoms with Crippen LogP contribution in [0.2, 0.25) is 0 Å². The number of nitrogens with zero attached hydrogens (tertiary/aromatic N) is 6. The van der Waals surface area contributed by atoms with Crippen molar-refractivity contribution >= 4 is 70.1 Å². The molecule has 3 heterocycles. The minimum atomic E-state index is -0.231. The van der Waals surface area contributed by atoms with Gasteiger partial charge in [0.2, 0.25) is 5.75 Å². The van der Waals surface area contributed by atoms with Gasteiger partial charge in [0, 0.05) is 106 Å². The van der Waals surface area contributed by atoms with E-state index in [-0.39, 0.29) is 17.7 Å². The molecule has 20 heteroatoms. The fraction of sp³-hybridized carbons (Fsp3) is 0.250. The Hall–Kier alpha value is -8.98. The van der Waals surface area contributed by atoms with Crippen molar-refractivity contribution in [3.63, 3.8) is 0 Å². The smallest absolute Gasteiger partial charge is 0.255 e. The number of carbonyl (C=O) groups excluding carboxylic acids is 3. The van der Waals surface area contributed by atoms with E-state index in [9.17, 15) is 14.4 Å². The Morgan fingerprint density at radius 1 is 0.443 bits per heavy atom. The van der Waals surface area contributed by atoms with E-state index in [4.69, 9.17) is 23.7 Å². The monoisotopic (exact) mass is 1240 g/mol. The van der Waals surface area contributed by atoms with E-state index < -0.39 is 0 Å². The lowest BCUT2D eigenvalue weighted by Crippen LogP contribution is -2.12. The lowest BCUT2D eigenvalue weighted by molar-refractivity contribution is 0.101. The van der Waals surface area contributed by atoms with Gasteiger partial charge >= 0.3 is 0 Å². The van der Waals surface area contributed by atoms with Crippen molar-refractivity contribution < 1.29 is 38.1 Å². The zero-order valence-corrected chi connectivity index (χ0v) is 52.9. The predicted octanol–water partition coefficient (Wildman–Crippen LogP) is 15.6. The summed E-state index contributed by atoms with van der Waals surface area (Å²) < 4.78 is 27.8. The highest BCUT2D eigenvalue weighted by Crippen LogP contribution is 2.40. The molecule has 0 aliphatic carbocycles. The molecule has 0 fully saturated rings. The van der Waals surface area contributed by atoms with E-state index in [0.717, 1.165) is 68.9 Å². The standard InChI is InChI=1S/C26H31N3O3S.C21H21N3O4S.C21H21N3OS/c1-3-5-14-31-23-11-10-22(17-24(23)32-15-6-4-2)29-26(30)21-9-7-8-20(16-21)19-33-25-18-27-12-13-28-25;1-26-17-10-16(11-18(27-2)20(17)28-3)24-21(25)15-6-4-5-14(9-15)13-29-19-12-22-7-8-23-19;1-15(2)17-6-4-8-19(12-17)24-21(25)18-7-3-5-16(11-18)14-26-20-13-22-9-10-23-20/h7-13,16-18H,3-6,14-15,19H2,1-2H3,(H,29,30);4-12H,13H2,1-3H3,(H,24,25);3-13,15H,14H2,1-2H3,(H,24,25). The number of benzene rings is 6. The predicted molar refractivity (Wildman–Crippen MR) is 352 cm³/mol. The van der Waals surface area contributed by atoms with Gasteiger partial charge < -0.3 is 39.6 Å². The van der Waals surface area contributed by atoms with E-state index in [1.54, 1.807) is 109 Å². The van der Waals surface area contributed by atoms with Gasteiger partial charge in [0.25, 0.3) is 17.7 Å². The van der Waals surface area contributed by atoms with E-state index in [1.165, 1.54) is 26.9 Å². The number of amides is 3. The van der Waals surface area contributed by atoms with Crippen molar-refractivity contribution in [2.75, 3.05) is 50.5 Å². The minimum Gasteiger partial charge on any atom is -0.493 e. The molecule has 0 atom stereocenters. The van der Waals surface area contributed by atoms with Crippen LogP contribution in [-0.4, -0.2) is 82.2 Å². The van der Waals surface area contributed by atoms with Crippen LogP contribution < -0.4 is 39.6 Å². The van der Waals surface area contributed by atoms with Gasteiger partial charge in [0.15, 0.2) is 23.0 Å². The van der Waals surface area contributed by atoms with Gasteiger partial charge in [-0.25, -0.2) is 15.0 Å². The fourth-order valence-corrected chi connectivity index (χ4v) is 10.5. The molecule has 3 N–H and O–H groups in total. The number of methoxy groups -OCH3 is 3. The van der Waals surface area contributed by atoms with Gasteiger partial charge in [0.1, 0.15) is 15.1 Å². The van der Waals surface area contributed by atoms with Crippen LogP contribution in [0.3, 0.4) is 0 Å². The van der Waals surface area contributed by atoms with Crippen LogP contribution in [0.15, 0.2) is 198 Å². The first kappa shape index (κ1) is 66.5. The molecule has 0 saturated carbocycles. The molecular formula is C68H73N9O8S3. The molecule has 0 saturated heterocycles. The van der Waals surface area contributed by atoms with Gasteiger partial charge in [-0.2, -0.15) is 0 Å². The molecule has 3 aromatic heterocycles. The van der Waals surface area contributed by atoms with Crippen LogP contribution in [0.1, 0.15) is 113 Å². The Balaban J connectivity index is 0.000000190. The largest absolute Gasteiger partial charge is 0.493 e. The molecule has 0 aliphatic rings. The summed E-state index contributed by atoms with van der Waals surface area (Å²) in [5, 5.41) is 11.4. The first-order valence-corrected chi connectivity index (χ1v) is 31.6. The molecule has 9 aromatic rings. The van der Waals surface area contributed by atoms with Gasteiger partial charge in [-0.3, -0.25) is 29.3 Å². The third kappa shape index (κ3) is 21.8. The average molecular weight is 1240 g/mol. The first-order chi connectivity index (χ1) is 42.9. The number of unbranched alkanes of at least 4 members (excludes halogenated alkanes) is 2. The topological polar surface area (TPSA) is 211 Å². The molecule has 456 valence electrons. The van der Waals surface area contributed by atoms with Crippen molar-refractivity contribution in [3.05, 3.63) is 222 Å². The van der Waals surface area contributed by atoms with Gasteiger partial charge in [-0.1, -0.05) is 89.1 Å². The number of ether oxygens (including phenoxy) is 5. The normalized spacial score (nSPS) is 10.5. The molecule has 3 amide bonds. The SMILES string of the molecule is CC(C)c1cccc(NC(=O)c2cccc(CSc3cnccn3)c2)c1.CCCCOc1ccc(NC(=O)c2cccc(CSc3cnccn3)c2)cc1OCCCC.COc1cc(NC(=O)c2cccc(CSc3cnccn3)c2)cc(OC)c1OC. The van der Waals surface area contributed by atoms with Crippen molar-refractivity contribution in [2.24, 2.45) is 0 Å². The summed E-state index contributed by atoms with van der Waals surface area (Å²) in [6.45, 7) is 9.79. The van der Waals surface area contributed by atoms with Crippen molar-refractivity contribution in [1.82, 2.24) is 29.9 Å². The lowest BCUT2D eigenvalue weighted by Gasteiger charge is -2.15. The molecule has 17 nitrogen and oxygen atoms in total.